The molecule has 0 N–H and O–H groups in total. The van der Waals surface area contributed by atoms with Crippen LogP contribution in [0.5, 0.6) is 0 Å². The molecule has 1 aromatic carbocycles. The molecule has 0 aliphatic rings. The van der Waals surface area contributed by atoms with Gasteiger partial charge in [0.1, 0.15) is 5.15 Å². The lowest BCUT2D eigenvalue weighted by atomic mass is 10.1. The minimum absolute atomic E-state index is 0.389. The summed E-state index contributed by atoms with van der Waals surface area (Å²) in [7, 11) is 0. The van der Waals surface area contributed by atoms with Crippen LogP contribution in [-0.4, -0.2) is 16.1 Å². The van der Waals surface area contributed by atoms with Crippen molar-refractivity contribution < 1.29 is 4.79 Å². The first-order chi connectivity index (χ1) is 9.42. The number of carbonyl (C=O) groups excluding carboxylic acids is 1. The van der Waals surface area contributed by atoms with Crippen molar-refractivity contribution >= 4 is 17.9 Å². The Hall–Kier alpha value is -1.61. The molecule has 1 aromatic heterocycles. The molecule has 0 atom stereocenters. The Kier molecular flexibility index (Phi) is 4.29. The molecule has 106 valence electrons. The summed E-state index contributed by atoms with van der Waals surface area (Å²) >= 11 is 6.32. The average Bonchev–Trinajstić information content (AvgIpc) is 2.63. The third kappa shape index (κ3) is 2.93. The Labute approximate surface area is 124 Å². The van der Waals surface area contributed by atoms with Gasteiger partial charge in [-0.1, -0.05) is 31.5 Å². The van der Waals surface area contributed by atoms with Gasteiger partial charge in [-0.05, 0) is 49.4 Å². The van der Waals surface area contributed by atoms with Crippen LogP contribution in [0, 0.1) is 19.8 Å². The summed E-state index contributed by atoms with van der Waals surface area (Å²) in [5.41, 5.74) is 4.44. The molecule has 3 nitrogen and oxygen atoms in total. The molecule has 2 aromatic rings. The van der Waals surface area contributed by atoms with E-state index in [0.717, 1.165) is 35.2 Å². The highest BCUT2D eigenvalue weighted by Gasteiger charge is 2.17. The number of aldehydes is 1. The number of nitrogens with zero attached hydrogens (tertiary/aromatic N) is 2. The van der Waals surface area contributed by atoms with Gasteiger partial charge in [0.05, 0.1) is 16.9 Å². The second-order valence-corrected chi connectivity index (χ2v) is 5.98. The summed E-state index contributed by atoms with van der Waals surface area (Å²) in [6.45, 7) is 8.25. The van der Waals surface area contributed by atoms with Crippen molar-refractivity contribution in [2.75, 3.05) is 0 Å². The van der Waals surface area contributed by atoms with E-state index in [1.165, 1.54) is 0 Å². The fourth-order valence-electron chi connectivity index (χ4n) is 2.35. The Morgan fingerprint density at radius 3 is 2.35 bits per heavy atom. The molecule has 0 aliphatic carbocycles. The second-order valence-electron chi connectivity index (χ2n) is 5.62. The van der Waals surface area contributed by atoms with Crippen LogP contribution in [-0.2, 0) is 6.42 Å². The summed E-state index contributed by atoms with van der Waals surface area (Å²) in [6.07, 6.45) is 1.54. The summed E-state index contributed by atoms with van der Waals surface area (Å²) < 4.78 is 1.66. The van der Waals surface area contributed by atoms with Crippen LogP contribution in [0.15, 0.2) is 18.2 Å². The molecule has 0 saturated carbocycles. The van der Waals surface area contributed by atoms with E-state index >= 15 is 0 Å². The van der Waals surface area contributed by atoms with Crippen LogP contribution in [0.2, 0.25) is 5.15 Å². The first kappa shape index (κ1) is 14.8. The first-order valence-electron chi connectivity index (χ1n) is 6.73. The highest BCUT2D eigenvalue weighted by atomic mass is 35.5. The highest BCUT2D eigenvalue weighted by molar-refractivity contribution is 6.32. The van der Waals surface area contributed by atoms with Gasteiger partial charge in [0, 0.05) is 0 Å². The van der Waals surface area contributed by atoms with Crippen molar-refractivity contribution in [1.29, 1.82) is 0 Å². The van der Waals surface area contributed by atoms with Crippen LogP contribution in [0.25, 0.3) is 5.69 Å². The van der Waals surface area contributed by atoms with Crippen LogP contribution in [0.4, 0.5) is 0 Å². The van der Waals surface area contributed by atoms with Crippen molar-refractivity contribution in [2.45, 2.75) is 34.1 Å². The number of carbonyl (C=O) groups is 1. The molecule has 0 aliphatic heterocycles. The van der Waals surface area contributed by atoms with Gasteiger partial charge in [0.2, 0.25) is 0 Å². The van der Waals surface area contributed by atoms with Gasteiger partial charge in [-0.25, -0.2) is 4.68 Å². The number of benzene rings is 1. The summed E-state index contributed by atoms with van der Waals surface area (Å²) in [6, 6.07) is 6.12. The normalized spacial score (nSPS) is 11.1. The minimum atomic E-state index is 0.389. The number of halogens is 1. The Balaban J connectivity index is 2.56. The number of rotatable bonds is 4. The Morgan fingerprint density at radius 1 is 1.25 bits per heavy atom. The van der Waals surface area contributed by atoms with Crippen LogP contribution in [0.3, 0.4) is 0 Å². The lowest BCUT2D eigenvalue weighted by Crippen LogP contribution is -2.01. The molecule has 0 spiro atoms. The maximum Gasteiger partial charge on any atom is 0.155 e. The molecule has 0 amide bonds. The predicted octanol–water partition coefficient (Wildman–Crippen LogP) is 4.15. The number of aryl methyl sites for hydroxylation is 2. The highest BCUT2D eigenvalue weighted by Crippen LogP contribution is 2.25. The quantitative estimate of drug-likeness (QED) is 0.793. The van der Waals surface area contributed by atoms with E-state index in [-0.39, 0.29) is 0 Å². The van der Waals surface area contributed by atoms with Crippen LogP contribution in [0.1, 0.15) is 41.0 Å². The third-order valence-electron chi connectivity index (χ3n) is 3.11. The maximum atomic E-state index is 11.3. The number of hydrogen-bond donors (Lipinski definition) is 0. The maximum absolute atomic E-state index is 11.3. The average molecular weight is 291 g/mol. The van der Waals surface area contributed by atoms with Gasteiger partial charge in [-0.2, -0.15) is 5.10 Å². The topological polar surface area (TPSA) is 34.9 Å². The lowest BCUT2D eigenvalue weighted by Gasteiger charge is -2.06. The van der Waals surface area contributed by atoms with E-state index in [1.54, 1.807) is 4.68 Å². The fraction of sp³-hybridized carbons (Fsp3) is 0.375. The van der Waals surface area contributed by atoms with Crippen molar-refractivity contribution in [2.24, 2.45) is 5.92 Å². The summed E-state index contributed by atoms with van der Waals surface area (Å²) in [4.78, 5) is 11.3. The second kappa shape index (κ2) is 5.80. The van der Waals surface area contributed by atoms with Crippen molar-refractivity contribution in [1.82, 2.24) is 9.78 Å². The molecular weight excluding hydrogens is 272 g/mol. The Bertz CT molecular complexity index is 624. The van der Waals surface area contributed by atoms with Gasteiger partial charge < -0.3 is 0 Å². The SMILES string of the molecule is Cc1cc(C)cc(-n2nc(CC(C)C)c(C=O)c2Cl)c1. The predicted molar refractivity (Wildman–Crippen MR) is 82.0 cm³/mol. The van der Waals surface area contributed by atoms with E-state index in [1.807, 2.05) is 26.0 Å². The molecule has 0 unspecified atom stereocenters. The smallest absolute Gasteiger partial charge is 0.155 e. The molecule has 1 heterocycles. The minimum Gasteiger partial charge on any atom is -0.298 e. The zero-order chi connectivity index (χ0) is 14.9. The monoisotopic (exact) mass is 290 g/mol. The van der Waals surface area contributed by atoms with Gasteiger partial charge in [0.15, 0.2) is 6.29 Å². The van der Waals surface area contributed by atoms with E-state index < -0.39 is 0 Å². The largest absolute Gasteiger partial charge is 0.298 e. The van der Waals surface area contributed by atoms with Crippen LogP contribution >= 0.6 is 11.6 Å². The number of aromatic nitrogens is 2. The van der Waals surface area contributed by atoms with Gasteiger partial charge >= 0.3 is 0 Å². The lowest BCUT2D eigenvalue weighted by molar-refractivity contribution is 0.112. The molecule has 20 heavy (non-hydrogen) atoms. The fourth-order valence-corrected chi connectivity index (χ4v) is 2.64. The molecule has 0 bridgehead atoms. The van der Waals surface area contributed by atoms with E-state index in [2.05, 4.69) is 25.0 Å². The van der Waals surface area contributed by atoms with Crippen molar-refractivity contribution in [3.05, 3.63) is 45.7 Å². The van der Waals surface area contributed by atoms with Gasteiger partial charge in [0.25, 0.3) is 0 Å². The molecule has 4 heteroatoms. The summed E-state index contributed by atoms with van der Waals surface area (Å²) in [5.74, 6) is 0.423. The van der Waals surface area contributed by atoms with Crippen LogP contribution < -0.4 is 0 Å². The van der Waals surface area contributed by atoms with Crippen molar-refractivity contribution in [3.8, 4) is 5.69 Å². The first-order valence-corrected chi connectivity index (χ1v) is 7.11. The molecule has 0 saturated heterocycles. The molecular formula is C16H19ClN2O. The van der Waals surface area contributed by atoms with Gasteiger partial charge in [-0.3, -0.25) is 4.79 Å². The van der Waals surface area contributed by atoms with Crippen molar-refractivity contribution in [3.63, 3.8) is 0 Å². The zero-order valence-corrected chi connectivity index (χ0v) is 13.0. The Morgan fingerprint density at radius 2 is 1.85 bits per heavy atom. The van der Waals surface area contributed by atoms with E-state index in [4.69, 9.17) is 11.6 Å². The molecule has 0 radical (unpaired) electrons. The number of hydrogen-bond acceptors (Lipinski definition) is 2. The zero-order valence-electron chi connectivity index (χ0n) is 12.3. The third-order valence-corrected chi connectivity index (χ3v) is 3.47. The van der Waals surface area contributed by atoms with E-state index in [9.17, 15) is 4.79 Å². The van der Waals surface area contributed by atoms with Gasteiger partial charge in [-0.15, -0.1) is 0 Å². The molecule has 2 rings (SSSR count). The standard InChI is InChI=1S/C16H19ClN2O/c1-10(2)5-15-14(9-20)16(17)19(18-15)13-7-11(3)6-12(4)8-13/h6-10H,5H2,1-4H3. The van der Waals surface area contributed by atoms with E-state index in [0.29, 0.717) is 16.6 Å². The molecule has 0 fully saturated rings. The summed E-state index contributed by atoms with van der Waals surface area (Å²) in [5, 5.41) is 4.92.